The number of fused-ring (bicyclic) bond motifs is 1. The van der Waals surface area contributed by atoms with Crippen LogP contribution in [-0.2, 0) is 13.6 Å². The molecule has 0 spiro atoms. The summed E-state index contributed by atoms with van der Waals surface area (Å²) < 4.78 is 29.0. The molecule has 1 aliphatic carbocycles. The van der Waals surface area contributed by atoms with Gasteiger partial charge in [0.15, 0.2) is 0 Å². The molecule has 0 bridgehead atoms. The van der Waals surface area contributed by atoms with Gasteiger partial charge in [0.2, 0.25) is 5.92 Å². The molecule has 174 valence electrons. The minimum absolute atomic E-state index is 0.0528. The lowest BCUT2D eigenvalue weighted by atomic mass is 9.85. The third kappa shape index (κ3) is 4.78. The van der Waals surface area contributed by atoms with Gasteiger partial charge in [0, 0.05) is 49.3 Å². The molecular weight excluding hydrogens is 420 g/mol. The Kier molecular flexibility index (Phi) is 5.91. The fourth-order valence-electron chi connectivity index (χ4n) is 5.08. The molecule has 33 heavy (non-hydrogen) atoms. The molecule has 3 aromatic rings. The van der Waals surface area contributed by atoms with Crippen LogP contribution in [0.15, 0.2) is 48.9 Å². The number of halogens is 2. The summed E-state index contributed by atoms with van der Waals surface area (Å²) in [4.78, 5) is 7.01. The maximum atomic E-state index is 13.5. The van der Waals surface area contributed by atoms with Crippen LogP contribution in [0, 0.1) is 5.92 Å². The summed E-state index contributed by atoms with van der Waals surface area (Å²) in [5, 5.41) is 9.94. The molecule has 5 nitrogen and oxygen atoms in total. The molecule has 0 atom stereocenters. The lowest BCUT2D eigenvalue weighted by Gasteiger charge is -2.29. The highest BCUT2D eigenvalue weighted by atomic mass is 19.3. The smallest absolute Gasteiger partial charge is 0.248 e. The van der Waals surface area contributed by atoms with Crippen LogP contribution >= 0.6 is 0 Å². The van der Waals surface area contributed by atoms with Gasteiger partial charge in [0.1, 0.15) is 5.82 Å². The number of likely N-dealkylation sites (tertiary alicyclic amines) is 1. The number of alkyl halides is 2. The van der Waals surface area contributed by atoms with E-state index in [-0.39, 0.29) is 18.8 Å². The summed E-state index contributed by atoms with van der Waals surface area (Å²) in [5.74, 6) is -1.78. The second kappa shape index (κ2) is 8.86. The van der Waals surface area contributed by atoms with Crippen molar-refractivity contribution >= 4 is 16.6 Å². The topological polar surface area (TPSA) is 46.0 Å². The quantitative estimate of drug-likeness (QED) is 0.501. The van der Waals surface area contributed by atoms with Gasteiger partial charge < -0.3 is 5.32 Å². The standard InChI is InChI=1S/C26H31F2N5/c1-18(19-7-9-26(27,28)10-8-19)31-25-14-22-13-20(5-6-21(22)15-29-25)23-16-30-32(2)24(23)17-33-11-3-4-12-33/h5-6,13-16,19H,1,3-4,7-12,17H2,2H3,(H,29,31). The van der Waals surface area contributed by atoms with Crippen LogP contribution in [0.4, 0.5) is 14.6 Å². The number of nitrogens with one attached hydrogen (secondary N) is 1. The van der Waals surface area contributed by atoms with E-state index in [4.69, 9.17) is 0 Å². The van der Waals surface area contributed by atoms with E-state index < -0.39 is 5.92 Å². The molecular formula is C26H31F2N5. The molecule has 0 radical (unpaired) electrons. The predicted octanol–water partition coefficient (Wildman–Crippen LogP) is 5.98. The summed E-state index contributed by atoms with van der Waals surface area (Å²) in [7, 11) is 2.01. The van der Waals surface area contributed by atoms with Gasteiger partial charge in [0.25, 0.3) is 0 Å². The number of nitrogens with zero attached hydrogens (tertiary/aromatic N) is 4. The number of hydrogen-bond donors (Lipinski definition) is 1. The molecule has 1 aliphatic heterocycles. The Bertz CT molecular complexity index is 1150. The van der Waals surface area contributed by atoms with E-state index in [1.165, 1.54) is 18.5 Å². The first-order valence-electron chi connectivity index (χ1n) is 11.8. The highest BCUT2D eigenvalue weighted by Crippen LogP contribution is 2.39. The van der Waals surface area contributed by atoms with Crippen molar-refractivity contribution in [3.63, 3.8) is 0 Å². The zero-order valence-corrected chi connectivity index (χ0v) is 19.2. The van der Waals surface area contributed by atoms with Crippen molar-refractivity contribution in [2.45, 2.75) is 51.0 Å². The highest BCUT2D eigenvalue weighted by molar-refractivity contribution is 5.88. The predicted molar refractivity (Wildman–Crippen MR) is 128 cm³/mol. The lowest BCUT2D eigenvalue weighted by molar-refractivity contribution is -0.0419. The number of aryl methyl sites for hydroxylation is 1. The number of hydrogen-bond acceptors (Lipinski definition) is 4. The highest BCUT2D eigenvalue weighted by Gasteiger charge is 2.35. The molecule has 0 unspecified atom stereocenters. The summed E-state index contributed by atoms with van der Waals surface area (Å²) in [6.45, 7) is 7.32. The molecule has 1 aromatic carbocycles. The van der Waals surface area contributed by atoms with E-state index >= 15 is 0 Å². The number of benzene rings is 1. The molecule has 7 heteroatoms. The Morgan fingerprint density at radius 3 is 2.64 bits per heavy atom. The summed E-state index contributed by atoms with van der Waals surface area (Å²) >= 11 is 0. The number of pyridine rings is 1. The van der Waals surface area contributed by atoms with E-state index in [1.54, 1.807) is 0 Å². The second-order valence-corrected chi connectivity index (χ2v) is 9.52. The fraction of sp³-hybridized carbons (Fsp3) is 0.462. The molecule has 1 saturated heterocycles. The average Bonchev–Trinajstić information content (AvgIpc) is 3.43. The molecule has 2 fully saturated rings. The number of allylic oxidation sites excluding steroid dienone is 1. The van der Waals surface area contributed by atoms with Crippen LogP contribution in [0.25, 0.3) is 21.9 Å². The molecule has 2 aliphatic rings. The zero-order chi connectivity index (χ0) is 23.0. The first kappa shape index (κ1) is 22.0. The Labute approximate surface area is 193 Å². The van der Waals surface area contributed by atoms with E-state index in [9.17, 15) is 8.78 Å². The molecule has 3 heterocycles. The van der Waals surface area contributed by atoms with Gasteiger partial charge in [-0.25, -0.2) is 13.8 Å². The normalized spacial score (nSPS) is 19.2. The van der Waals surface area contributed by atoms with Gasteiger partial charge >= 0.3 is 0 Å². The van der Waals surface area contributed by atoms with Gasteiger partial charge in [-0.2, -0.15) is 5.10 Å². The van der Waals surface area contributed by atoms with Crippen molar-refractivity contribution in [2.24, 2.45) is 13.0 Å². The zero-order valence-electron chi connectivity index (χ0n) is 19.2. The second-order valence-electron chi connectivity index (χ2n) is 9.52. The Morgan fingerprint density at radius 2 is 1.88 bits per heavy atom. The molecule has 1 N–H and O–H groups in total. The Morgan fingerprint density at radius 1 is 1.12 bits per heavy atom. The van der Waals surface area contributed by atoms with Crippen LogP contribution in [0.3, 0.4) is 0 Å². The summed E-state index contributed by atoms with van der Waals surface area (Å²) in [6, 6.07) is 8.41. The first-order valence-corrected chi connectivity index (χ1v) is 11.8. The minimum atomic E-state index is -2.53. The van der Waals surface area contributed by atoms with Crippen LogP contribution in [0.5, 0.6) is 0 Å². The SMILES string of the molecule is C=C(Nc1cc2cc(-c3cnn(C)c3CN3CCCC3)ccc2cn1)C1CCC(F)(F)CC1. The largest absolute Gasteiger partial charge is 0.344 e. The minimum Gasteiger partial charge on any atom is -0.344 e. The maximum absolute atomic E-state index is 13.5. The maximum Gasteiger partial charge on any atom is 0.248 e. The van der Waals surface area contributed by atoms with E-state index in [0.29, 0.717) is 18.7 Å². The van der Waals surface area contributed by atoms with Gasteiger partial charge in [-0.15, -0.1) is 0 Å². The van der Waals surface area contributed by atoms with Crippen molar-refractivity contribution in [1.82, 2.24) is 19.7 Å². The van der Waals surface area contributed by atoms with Crippen molar-refractivity contribution in [2.75, 3.05) is 18.4 Å². The van der Waals surface area contributed by atoms with Crippen LogP contribution in [-0.4, -0.2) is 38.7 Å². The van der Waals surface area contributed by atoms with E-state index in [0.717, 1.165) is 47.2 Å². The average molecular weight is 452 g/mol. The fourth-order valence-corrected chi connectivity index (χ4v) is 5.08. The molecule has 0 amide bonds. The van der Waals surface area contributed by atoms with Crippen LogP contribution in [0.2, 0.25) is 0 Å². The summed E-state index contributed by atoms with van der Waals surface area (Å²) in [5.41, 5.74) is 4.29. The van der Waals surface area contributed by atoms with Crippen molar-refractivity contribution < 1.29 is 8.78 Å². The van der Waals surface area contributed by atoms with E-state index in [2.05, 4.69) is 45.1 Å². The molecule has 1 saturated carbocycles. The van der Waals surface area contributed by atoms with Crippen LogP contribution in [0.1, 0.15) is 44.2 Å². The lowest BCUT2D eigenvalue weighted by Crippen LogP contribution is -2.26. The van der Waals surface area contributed by atoms with Crippen molar-refractivity contribution in [3.8, 4) is 11.1 Å². The van der Waals surface area contributed by atoms with E-state index in [1.807, 2.05) is 30.2 Å². The van der Waals surface area contributed by atoms with Gasteiger partial charge in [-0.05, 0) is 67.8 Å². The molecule has 2 aromatic heterocycles. The Balaban J connectivity index is 1.36. The van der Waals surface area contributed by atoms with Crippen molar-refractivity contribution in [1.29, 1.82) is 0 Å². The van der Waals surface area contributed by atoms with Gasteiger partial charge in [-0.1, -0.05) is 18.7 Å². The third-order valence-corrected chi connectivity index (χ3v) is 7.16. The van der Waals surface area contributed by atoms with Gasteiger partial charge in [0.05, 0.1) is 11.9 Å². The van der Waals surface area contributed by atoms with Crippen LogP contribution < -0.4 is 5.32 Å². The monoisotopic (exact) mass is 451 g/mol. The molecule has 5 rings (SSSR count). The number of aromatic nitrogens is 3. The number of anilines is 1. The third-order valence-electron chi connectivity index (χ3n) is 7.16. The van der Waals surface area contributed by atoms with Crippen molar-refractivity contribution in [3.05, 3.63) is 54.6 Å². The Hall–Kier alpha value is -2.80. The number of rotatable bonds is 6. The summed E-state index contributed by atoms with van der Waals surface area (Å²) in [6.07, 6.45) is 7.09. The first-order chi connectivity index (χ1) is 15.9. The van der Waals surface area contributed by atoms with Gasteiger partial charge in [-0.3, -0.25) is 9.58 Å².